The molecule has 0 spiro atoms. The zero-order valence-electron chi connectivity index (χ0n) is 7.50. The minimum atomic E-state index is -0.209. The Bertz CT molecular complexity index is 200. The first kappa shape index (κ1) is 10.2. The molecule has 5 nitrogen and oxygen atoms in total. The van der Waals surface area contributed by atoms with Gasteiger partial charge in [-0.25, -0.2) is 0 Å². The van der Waals surface area contributed by atoms with E-state index in [0.717, 1.165) is 0 Å². The molecule has 0 aromatic heterocycles. The van der Waals surface area contributed by atoms with Crippen molar-refractivity contribution >= 4 is 23.3 Å². The summed E-state index contributed by atoms with van der Waals surface area (Å²) in [6.45, 7) is 3.68. The molecule has 0 unspecified atom stereocenters. The maximum atomic E-state index is 11.0. The highest BCUT2D eigenvalue weighted by Crippen LogP contribution is 1.90. The molecule has 6 heteroatoms. The van der Waals surface area contributed by atoms with E-state index in [1.165, 1.54) is 0 Å². The number of rotatable bonds is 3. The lowest BCUT2D eigenvalue weighted by Crippen LogP contribution is -2.55. The molecule has 1 saturated heterocycles. The van der Waals surface area contributed by atoms with Gasteiger partial charge < -0.3 is 15.4 Å². The molecule has 0 aromatic carbocycles. The minimum absolute atomic E-state index is 0.209. The normalized spacial score (nSPS) is 17.5. The van der Waals surface area contributed by atoms with Gasteiger partial charge in [0.2, 0.25) is 0 Å². The number of ether oxygens (including phenoxy) is 1. The number of carbonyl (C=O) groups excluding carboxylic acids is 1. The third kappa shape index (κ3) is 3.56. The third-order valence-electron chi connectivity index (χ3n) is 1.58. The molecule has 1 aliphatic rings. The molecular formula is C7H13N3O2S. The third-order valence-corrected chi connectivity index (χ3v) is 1.87. The Hall–Kier alpha value is -0.880. The fourth-order valence-electron chi connectivity index (χ4n) is 0.987. The molecule has 0 radical (unpaired) electrons. The fourth-order valence-corrected chi connectivity index (χ4v) is 1.12. The van der Waals surface area contributed by atoms with Crippen molar-refractivity contribution in [3.63, 3.8) is 0 Å². The molecule has 1 heterocycles. The van der Waals surface area contributed by atoms with E-state index in [2.05, 4.69) is 10.6 Å². The van der Waals surface area contributed by atoms with Crippen LogP contribution in [0.15, 0.2) is 0 Å². The van der Waals surface area contributed by atoms with Crippen molar-refractivity contribution in [2.45, 2.75) is 6.92 Å². The second-order valence-electron chi connectivity index (χ2n) is 2.63. The van der Waals surface area contributed by atoms with Gasteiger partial charge in [0.15, 0.2) is 5.11 Å². The predicted molar refractivity (Wildman–Crippen MR) is 51.9 cm³/mol. The van der Waals surface area contributed by atoms with Crippen LogP contribution in [-0.4, -0.2) is 42.5 Å². The van der Waals surface area contributed by atoms with Crippen LogP contribution in [-0.2, 0) is 9.53 Å². The summed E-state index contributed by atoms with van der Waals surface area (Å²) in [6.07, 6.45) is 0. The smallest absolute Gasteiger partial charge is 0.320 e. The average molecular weight is 203 g/mol. The van der Waals surface area contributed by atoms with Crippen LogP contribution in [0.1, 0.15) is 6.92 Å². The largest absolute Gasteiger partial charge is 0.465 e. The van der Waals surface area contributed by atoms with Crippen LogP contribution in [0.3, 0.4) is 0 Å². The van der Waals surface area contributed by atoms with Gasteiger partial charge in [0.05, 0.1) is 26.5 Å². The predicted octanol–water partition coefficient (Wildman–Crippen LogP) is -0.756. The molecule has 74 valence electrons. The molecule has 0 aromatic rings. The van der Waals surface area contributed by atoms with E-state index in [9.17, 15) is 4.79 Å². The maximum absolute atomic E-state index is 11.0. The lowest BCUT2D eigenvalue weighted by Gasteiger charge is -2.28. The molecule has 1 rings (SSSR count). The number of hydrogen-bond donors (Lipinski definition) is 2. The number of hydrogen-bond acceptors (Lipinski definition) is 4. The van der Waals surface area contributed by atoms with Crippen molar-refractivity contribution in [2.24, 2.45) is 0 Å². The SMILES string of the molecule is CCOC(=O)CN1CNC(=S)NC1. The summed E-state index contributed by atoms with van der Waals surface area (Å²) in [7, 11) is 0. The van der Waals surface area contributed by atoms with Crippen LogP contribution < -0.4 is 10.6 Å². The summed E-state index contributed by atoms with van der Waals surface area (Å²) in [5.74, 6) is -0.209. The molecule has 13 heavy (non-hydrogen) atoms. The van der Waals surface area contributed by atoms with E-state index in [4.69, 9.17) is 17.0 Å². The Morgan fingerprint density at radius 1 is 1.62 bits per heavy atom. The highest BCUT2D eigenvalue weighted by atomic mass is 32.1. The van der Waals surface area contributed by atoms with E-state index in [1.54, 1.807) is 6.92 Å². The van der Waals surface area contributed by atoms with Crippen molar-refractivity contribution in [2.75, 3.05) is 26.5 Å². The lowest BCUT2D eigenvalue weighted by molar-refractivity contribution is -0.144. The monoisotopic (exact) mass is 203 g/mol. The van der Waals surface area contributed by atoms with Crippen LogP contribution in [0.5, 0.6) is 0 Å². The summed E-state index contributed by atoms with van der Waals surface area (Å²) in [4.78, 5) is 12.9. The second-order valence-corrected chi connectivity index (χ2v) is 3.04. The van der Waals surface area contributed by atoms with Gasteiger partial charge >= 0.3 is 5.97 Å². The number of nitrogens with zero attached hydrogens (tertiary/aromatic N) is 1. The van der Waals surface area contributed by atoms with Crippen molar-refractivity contribution in [3.05, 3.63) is 0 Å². The molecule has 1 fully saturated rings. The maximum Gasteiger partial charge on any atom is 0.320 e. The Kier molecular flexibility index (Phi) is 3.91. The van der Waals surface area contributed by atoms with Crippen LogP contribution in [0.2, 0.25) is 0 Å². The van der Waals surface area contributed by atoms with E-state index >= 15 is 0 Å². The van der Waals surface area contributed by atoms with Gasteiger partial charge in [-0.05, 0) is 19.1 Å². The topological polar surface area (TPSA) is 53.6 Å². The molecule has 0 bridgehead atoms. The summed E-state index contributed by atoms with van der Waals surface area (Å²) in [5, 5.41) is 6.46. The van der Waals surface area contributed by atoms with Crippen molar-refractivity contribution in [3.8, 4) is 0 Å². The number of thiocarbonyl (C=S) groups is 1. The number of esters is 1. The molecule has 1 aliphatic heterocycles. The molecule has 0 amide bonds. The summed E-state index contributed by atoms with van der Waals surface area (Å²) >= 11 is 4.86. The van der Waals surface area contributed by atoms with Gasteiger partial charge in [-0.1, -0.05) is 0 Å². The first-order chi connectivity index (χ1) is 6.22. The van der Waals surface area contributed by atoms with E-state index in [0.29, 0.717) is 25.1 Å². The molecule has 0 aliphatic carbocycles. The minimum Gasteiger partial charge on any atom is -0.465 e. The van der Waals surface area contributed by atoms with Crippen molar-refractivity contribution in [1.82, 2.24) is 15.5 Å². The Morgan fingerprint density at radius 3 is 2.77 bits per heavy atom. The Morgan fingerprint density at radius 2 is 2.23 bits per heavy atom. The Labute approximate surface area is 82.4 Å². The second kappa shape index (κ2) is 4.98. The van der Waals surface area contributed by atoms with E-state index < -0.39 is 0 Å². The molecule has 2 N–H and O–H groups in total. The average Bonchev–Trinajstić information content (AvgIpc) is 2.09. The van der Waals surface area contributed by atoms with Crippen LogP contribution in [0.25, 0.3) is 0 Å². The van der Waals surface area contributed by atoms with Crippen LogP contribution in [0.4, 0.5) is 0 Å². The summed E-state index contributed by atoms with van der Waals surface area (Å²) in [5.41, 5.74) is 0. The summed E-state index contributed by atoms with van der Waals surface area (Å²) in [6, 6.07) is 0. The number of nitrogens with one attached hydrogen (secondary N) is 2. The highest BCUT2D eigenvalue weighted by molar-refractivity contribution is 7.80. The zero-order chi connectivity index (χ0) is 9.68. The number of carbonyl (C=O) groups is 1. The van der Waals surface area contributed by atoms with Gasteiger partial charge in [0.25, 0.3) is 0 Å². The summed E-state index contributed by atoms with van der Waals surface area (Å²) < 4.78 is 4.80. The van der Waals surface area contributed by atoms with Crippen LogP contribution >= 0.6 is 12.2 Å². The molecule has 0 atom stereocenters. The van der Waals surface area contributed by atoms with Gasteiger partial charge in [-0.15, -0.1) is 0 Å². The van der Waals surface area contributed by atoms with Crippen LogP contribution in [0, 0.1) is 0 Å². The van der Waals surface area contributed by atoms with Gasteiger partial charge in [0, 0.05) is 0 Å². The van der Waals surface area contributed by atoms with E-state index in [-0.39, 0.29) is 12.5 Å². The molecular weight excluding hydrogens is 190 g/mol. The first-order valence-electron chi connectivity index (χ1n) is 4.12. The van der Waals surface area contributed by atoms with Crippen molar-refractivity contribution < 1.29 is 9.53 Å². The van der Waals surface area contributed by atoms with Gasteiger partial charge in [0.1, 0.15) is 0 Å². The van der Waals surface area contributed by atoms with E-state index in [1.807, 2.05) is 4.90 Å². The standard InChI is InChI=1S/C7H13N3O2S/c1-2-12-6(11)3-10-4-8-7(13)9-5-10/h2-5H2,1H3,(H2,8,9,13). The van der Waals surface area contributed by atoms with Crippen molar-refractivity contribution in [1.29, 1.82) is 0 Å². The molecule has 0 saturated carbocycles. The van der Waals surface area contributed by atoms with Gasteiger partial charge in [-0.2, -0.15) is 0 Å². The van der Waals surface area contributed by atoms with Gasteiger partial charge in [-0.3, -0.25) is 9.69 Å². The highest BCUT2D eigenvalue weighted by Gasteiger charge is 2.15. The fraction of sp³-hybridized carbons (Fsp3) is 0.714. The Balaban J connectivity index is 2.22. The quantitative estimate of drug-likeness (QED) is 0.465. The first-order valence-corrected chi connectivity index (χ1v) is 4.53. The zero-order valence-corrected chi connectivity index (χ0v) is 8.32. The lowest BCUT2D eigenvalue weighted by atomic mass is 10.5.